The van der Waals surface area contributed by atoms with Crippen molar-refractivity contribution in [2.24, 2.45) is 0 Å². The zero-order valence-electron chi connectivity index (χ0n) is 11.9. The molecule has 0 aromatic heterocycles. The van der Waals surface area contributed by atoms with Gasteiger partial charge in [-0.2, -0.15) is 0 Å². The Hall–Kier alpha value is -1.23. The van der Waals surface area contributed by atoms with Crippen molar-refractivity contribution >= 4 is 5.69 Å². The van der Waals surface area contributed by atoms with Crippen molar-refractivity contribution in [2.75, 3.05) is 18.0 Å². The van der Waals surface area contributed by atoms with Gasteiger partial charge in [0.25, 0.3) is 0 Å². The van der Waals surface area contributed by atoms with Crippen molar-refractivity contribution in [2.45, 2.75) is 45.2 Å². The van der Waals surface area contributed by atoms with Crippen LogP contribution in [-0.4, -0.2) is 25.2 Å². The van der Waals surface area contributed by atoms with Gasteiger partial charge in [0, 0.05) is 37.3 Å². The Labute approximate surface area is 118 Å². The molecule has 2 nitrogen and oxygen atoms in total. The second-order valence-corrected chi connectivity index (χ2v) is 5.33. The lowest BCUT2D eigenvalue weighted by molar-refractivity contribution is 0.362. The third-order valence-corrected chi connectivity index (χ3v) is 3.88. The number of rotatable bonds is 4. The van der Waals surface area contributed by atoms with E-state index in [1.807, 2.05) is 6.92 Å². The Bertz CT molecular complexity index is 441. The van der Waals surface area contributed by atoms with E-state index in [0.29, 0.717) is 13.1 Å². The molecule has 1 aromatic carbocycles. The zero-order chi connectivity index (χ0) is 14.7. The molecule has 2 atom stereocenters. The van der Waals surface area contributed by atoms with E-state index in [-0.39, 0.29) is 17.8 Å². The first-order valence-electron chi connectivity index (χ1n) is 7.21. The topological polar surface area (TPSA) is 15.3 Å². The van der Waals surface area contributed by atoms with Crippen molar-refractivity contribution in [3.63, 3.8) is 0 Å². The van der Waals surface area contributed by atoms with Crippen LogP contribution in [0.5, 0.6) is 0 Å². The molecule has 2 unspecified atom stereocenters. The molecular formula is C15H21F3N2. The van der Waals surface area contributed by atoms with Gasteiger partial charge in [-0.3, -0.25) is 0 Å². The fourth-order valence-corrected chi connectivity index (χ4v) is 2.85. The van der Waals surface area contributed by atoms with Crippen LogP contribution in [0.1, 0.15) is 33.1 Å². The van der Waals surface area contributed by atoms with Gasteiger partial charge in [0.15, 0.2) is 11.6 Å². The largest absolute Gasteiger partial charge is 0.361 e. The highest BCUT2D eigenvalue weighted by atomic mass is 19.1. The Kier molecular flexibility index (Phi) is 4.91. The summed E-state index contributed by atoms with van der Waals surface area (Å²) in [6.07, 6.45) is 2.75. The predicted octanol–water partition coefficient (Wildman–Crippen LogP) is 3.46. The van der Waals surface area contributed by atoms with E-state index in [0.717, 1.165) is 31.4 Å². The molecule has 0 radical (unpaired) electrons. The van der Waals surface area contributed by atoms with Crippen LogP contribution in [0.3, 0.4) is 0 Å². The maximum Gasteiger partial charge on any atom is 0.152 e. The first-order chi connectivity index (χ1) is 9.56. The number of halogens is 3. The SMILES string of the molecule is CCCC1CN(c2c(F)cc(F)cc2F)C(CC)CN1. The number of piperazine rings is 1. The van der Waals surface area contributed by atoms with Crippen molar-refractivity contribution in [1.29, 1.82) is 0 Å². The lowest BCUT2D eigenvalue weighted by Gasteiger charge is -2.42. The summed E-state index contributed by atoms with van der Waals surface area (Å²) in [6.45, 7) is 5.30. The van der Waals surface area contributed by atoms with Crippen LogP contribution >= 0.6 is 0 Å². The molecule has 2 rings (SSSR count). The standard InChI is InChI=1S/C15H21F3N2/c1-3-5-11-9-20(12(4-2)8-19-11)15-13(17)6-10(16)7-14(15)18/h6-7,11-12,19H,3-5,8-9H2,1-2H3. The molecule has 1 heterocycles. The highest BCUT2D eigenvalue weighted by molar-refractivity contribution is 5.51. The molecule has 0 amide bonds. The number of nitrogens with one attached hydrogen (secondary N) is 1. The Morgan fingerprint density at radius 1 is 1.20 bits per heavy atom. The van der Waals surface area contributed by atoms with Crippen LogP contribution < -0.4 is 10.2 Å². The second-order valence-electron chi connectivity index (χ2n) is 5.33. The minimum atomic E-state index is -0.878. The van der Waals surface area contributed by atoms with Gasteiger partial charge in [-0.25, -0.2) is 13.2 Å². The number of hydrogen-bond donors (Lipinski definition) is 1. The van der Waals surface area contributed by atoms with E-state index in [1.165, 1.54) is 0 Å². The number of benzene rings is 1. The van der Waals surface area contributed by atoms with Crippen molar-refractivity contribution in [1.82, 2.24) is 5.32 Å². The molecule has 0 saturated carbocycles. The third-order valence-electron chi connectivity index (χ3n) is 3.88. The molecule has 0 bridgehead atoms. The van der Waals surface area contributed by atoms with Crippen LogP contribution in [0.25, 0.3) is 0 Å². The summed E-state index contributed by atoms with van der Waals surface area (Å²) in [5.74, 6) is -2.52. The van der Waals surface area contributed by atoms with Gasteiger partial charge < -0.3 is 10.2 Å². The average Bonchev–Trinajstić information content (AvgIpc) is 2.38. The maximum atomic E-state index is 14.0. The summed E-state index contributed by atoms with van der Waals surface area (Å²) in [5, 5.41) is 3.41. The fourth-order valence-electron chi connectivity index (χ4n) is 2.85. The Morgan fingerprint density at radius 2 is 1.85 bits per heavy atom. The Balaban J connectivity index is 2.31. The zero-order valence-corrected chi connectivity index (χ0v) is 11.9. The van der Waals surface area contributed by atoms with Crippen molar-refractivity contribution in [3.05, 3.63) is 29.6 Å². The van der Waals surface area contributed by atoms with E-state index >= 15 is 0 Å². The molecule has 0 aliphatic carbocycles. The normalized spacial score (nSPS) is 23.1. The van der Waals surface area contributed by atoms with Gasteiger partial charge in [0.1, 0.15) is 11.5 Å². The average molecular weight is 286 g/mol. The first-order valence-corrected chi connectivity index (χ1v) is 7.21. The summed E-state index contributed by atoms with van der Waals surface area (Å²) >= 11 is 0. The molecule has 1 aliphatic rings. The lowest BCUT2D eigenvalue weighted by Crippen LogP contribution is -2.57. The minimum Gasteiger partial charge on any atom is -0.361 e. The summed E-state index contributed by atoms with van der Waals surface area (Å²) in [7, 11) is 0. The van der Waals surface area contributed by atoms with Gasteiger partial charge in [-0.1, -0.05) is 20.3 Å². The molecule has 0 spiro atoms. The third kappa shape index (κ3) is 3.08. The summed E-state index contributed by atoms with van der Waals surface area (Å²) in [4.78, 5) is 1.75. The van der Waals surface area contributed by atoms with Crippen LogP contribution in [0, 0.1) is 17.5 Å². The molecule has 1 saturated heterocycles. The molecular weight excluding hydrogens is 265 g/mol. The molecule has 1 N–H and O–H groups in total. The molecule has 112 valence electrons. The quantitative estimate of drug-likeness (QED) is 0.912. The molecule has 20 heavy (non-hydrogen) atoms. The van der Waals surface area contributed by atoms with E-state index in [9.17, 15) is 13.2 Å². The number of anilines is 1. The minimum absolute atomic E-state index is 0.0255. The summed E-state index contributed by atoms with van der Waals surface area (Å²) in [5.41, 5.74) is -0.0964. The van der Waals surface area contributed by atoms with Crippen LogP contribution in [0.4, 0.5) is 18.9 Å². The van der Waals surface area contributed by atoms with Crippen LogP contribution in [0.15, 0.2) is 12.1 Å². The van der Waals surface area contributed by atoms with E-state index in [1.54, 1.807) is 4.90 Å². The van der Waals surface area contributed by atoms with Crippen LogP contribution in [0.2, 0.25) is 0 Å². The number of nitrogens with zero attached hydrogens (tertiary/aromatic N) is 1. The smallest absolute Gasteiger partial charge is 0.152 e. The highest BCUT2D eigenvalue weighted by Crippen LogP contribution is 2.29. The van der Waals surface area contributed by atoms with Gasteiger partial charge in [0.05, 0.1) is 0 Å². The van der Waals surface area contributed by atoms with Crippen LogP contribution in [-0.2, 0) is 0 Å². The lowest BCUT2D eigenvalue weighted by atomic mass is 10.0. The van der Waals surface area contributed by atoms with Gasteiger partial charge in [-0.15, -0.1) is 0 Å². The van der Waals surface area contributed by atoms with Crippen molar-refractivity contribution in [3.8, 4) is 0 Å². The van der Waals surface area contributed by atoms with E-state index in [2.05, 4.69) is 12.2 Å². The fraction of sp³-hybridized carbons (Fsp3) is 0.600. The monoisotopic (exact) mass is 286 g/mol. The molecule has 1 aliphatic heterocycles. The van der Waals surface area contributed by atoms with Gasteiger partial charge in [0.2, 0.25) is 0 Å². The molecule has 5 heteroatoms. The Morgan fingerprint density at radius 3 is 2.40 bits per heavy atom. The van der Waals surface area contributed by atoms with Gasteiger partial charge >= 0.3 is 0 Å². The maximum absolute atomic E-state index is 14.0. The summed E-state index contributed by atoms with van der Waals surface area (Å²) < 4.78 is 41.0. The predicted molar refractivity (Wildman–Crippen MR) is 74.4 cm³/mol. The number of hydrogen-bond acceptors (Lipinski definition) is 2. The van der Waals surface area contributed by atoms with E-state index in [4.69, 9.17) is 0 Å². The molecule has 1 fully saturated rings. The second kappa shape index (κ2) is 6.48. The van der Waals surface area contributed by atoms with Gasteiger partial charge in [-0.05, 0) is 12.8 Å². The van der Waals surface area contributed by atoms with Crippen molar-refractivity contribution < 1.29 is 13.2 Å². The molecule has 1 aromatic rings. The summed E-state index contributed by atoms with van der Waals surface area (Å²) in [6, 6.07) is 1.74. The highest BCUT2D eigenvalue weighted by Gasteiger charge is 2.30. The first kappa shape index (κ1) is 15.2. The van der Waals surface area contributed by atoms with E-state index < -0.39 is 17.5 Å².